The van der Waals surface area contributed by atoms with Crippen LogP contribution in [-0.4, -0.2) is 93.4 Å². The molecule has 1 aromatic carbocycles. The molecule has 0 aliphatic carbocycles. The van der Waals surface area contributed by atoms with Crippen molar-refractivity contribution in [3.8, 4) is 0 Å². The first kappa shape index (κ1) is 31.2. The molecule has 0 heterocycles. The molecule has 32 heavy (non-hydrogen) atoms. The van der Waals surface area contributed by atoms with Crippen molar-refractivity contribution < 1.29 is 39.6 Å². The van der Waals surface area contributed by atoms with Crippen molar-refractivity contribution in [3.63, 3.8) is 0 Å². The van der Waals surface area contributed by atoms with Crippen molar-refractivity contribution in [2.75, 3.05) is 39.3 Å². The Bertz CT molecular complexity index is 635. The monoisotopic (exact) mass is 456 g/mol. The Morgan fingerprint density at radius 3 is 0.719 bits per heavy atom. The van der Waals surface area contributed by atoms with Crippen LogP contribution in [0.4, 0.5) is 0 Å². The molecule has 0 saturated carbocycles. The van der Waals surface area contributed by atoms with Crippen LogP contribution in [0.25, 0.3) is 0 Å². The first-order chi connectivity index (χ1) is 14.9. The highest BCUT2D eigenvalue weighted by Gasteiger charge is 2.24. The number of rotatable bonds is 10. The van der Waals surface area contributed by atoms with E-state index < -0.39 is 46.1 Å². The Morgan fingerprint density at radius 2 is 0.656 bits per heavy atom. The van der Waals surface area contributed by atoms with Gasteiger partial charge in [-0.1, -0.05) is 41.5 Å². The summed E-state index contributed by atoms with van der Waals surface area (Å²) in [5.41, 5.74) is -3.15. The van der Waals surface area contributed by atoms with Crippen LogP contribution in [0.15, 0.2) is 12.1 Å². The number of hydrogen-bond donors (Lipinski definition) is 4. The third kappa shape index (κ3) is 10.9. The van der Waals surface area contributed by atoms with Crippen LogP contribution < -0.4 is 0 Å². The van der Waals surface area contributed by atoms with Crippen LogP contribution in [-0.2, 0) is 0 Å². The van der Waals surface area contributed by atoms with E-state index in [9.17, 15) is 19.2 Å². The zero-order chi connectivity index (χ0) is 25.4. The second-order valence-corrected chi connectivity index (χ2v) is 6.40. The van der Waals surface area contributed by atoms with Crippen molar-refractivity contribution in [3.05, 3.63) is 34.4 Å². The summed E-state index contributed by atoms with van der Waals surface area (Å²) in [7, 11) is 0. The van der Waals surface area contributed by atoms with E-state index in [0.717, 1.165) is 0 Å². The van der Waals surface area contributed by atoms with Gasteiger partial charge in [0.1, 0.15) is 0 Å². The van der Waals surface area contributed by atoms with Gasteiger partial charge in [0.15, 0.2) is 0 Å². The molecule has 10 nitrogen and oxygen atoms in total. The Labute approximate surface area is 189 Å². The molecule has 0 saturated heterocycles. The molecule has 0 aliphatic rings. The lowest BCUT2D eigenvalue weighted by Gasteiger charge is -2.13. The molecule has 0 spiro atoms. The first-order valence-corrected chi connectivity index (χ1v) is 10.5. The summed E-state index contributed by atoms with van der Waals surface area (Å²) in [5, 5.41) is 35.0. The minimum Gasteiger partial charge on any atom is -0.478 e. The molecule has 4 N–H and O–H groups in total. The summed E-state index contributed by atoms with van der Waals surface area (Å²) in [5.74, 6) is -6.64. The SMILES string of the molecule is CCN(CC)CC.CCN(CC)CC.O=C(O)c1cc(C(=O)O)c(C(=O)O)cc1C(=O)O. The van der Waals surface area contributed by atoms with Gasteiger partial charge in [0, 0.05) is 0 Å². The van der Waals surface area contributed by atoms with Crippen LogP contribution in [0.2, 0.25) is 0 Å². The molecule has 0 aliphatic heterocycles. The van der Waals surface area contributed by atoms with Crippen LogP contribution in [0.3, 0.4) is 0 Å². The zero-order valence-corrected chi connectivity index (χ0v) is 19.7. The Balaban J connectivity index is 0. The summed E-state index contributed by atoms with van der Waals surface area (Å²) in [6.07, 6.45) is 0. The van der Waals surface area contributed by atoms with Gasteiger partial charge in [0.2, 0.25) is 0 Å². The molecule has 0 radical (unpaired) electrons. The van der Waals surface area contributed by atoms with Gasteiger partial charge in [-0.3, -0.25) is 0 Å². The van der Waals surface area contributed by atoms with Crippen molar-refractivity contribution >= 4 is 23.9 Å². The molecule has 0 unspecified atom stereocenters. The standard InChI is InChI=1S/C10H6O8.2C6H15N/c11-7(12)3-1-4(8(13)14)6(10(17)18)2-5(3)9(15)16;2*1-4-7(5-2)6-3/h1-2H,(H,11,12)(H,13,14)(H,15,16)(H,17,18);2*4-6H2,1-3H3. The minimum atomic E-state index is -1.66. The number of nitrogens with zero attached hydrogens (tertiary/aromatic N) is 2. The fourth-order valence-electron chi connectivity index (χ4n) is 2.65. The minimum absolute atomic E-state index is 0.511. The fraction of sp³-hybridized carbons (Fsp3) is 0.545. The van der Waals surface area contributed by atoms with Gasteiger partial charge in [0.05, 0.1) is 22.3 Å². The lowest BCUT2D eigenvalue weighted by atomic mass is 9.98. The highest BCUT2D eigenvalue weighted by molar-refractivity contribution is 6.09. The molecule has 10 heteroatoms. The van der Waals surface area contributed by atoms with E-state index in [-0.39, 0.29) is 0 Å². The molecular formula is C22H36N2O8. The molecule has 1 rings (SSSR count). The molecule has 182 valence electrons. The zero-order valence-electron chi connectivity index (χ0n) is 19.7. The average Bonchev–Trinajstić information content (AvgIpc) is 2.75. The summed E-state index contributed by atoms with van der Waals surface area (Å²) in [6, 6.07) is 1.02. The van der Waals surface area contributed by atoms with E-state index in [2.05, 4.69) is 51.3 Å². The second-order valence-electron chi connectivity index (χ2n) is 6.40. The van der Waals surface area contributed by atoms with Gasteiger partial charge in [-0.15, -0.1) is 0 Å². The Kier molecular flexibility index (Phi) is 16.3. The Morgan fingerprint density at radius 1 is 0.500 bits per heavy atom. The third-order valence-electron chi connectivity index (χ3n) is 4.76. The average molecular weight is 457 g/mol. The van der Waals surface area contributed by atoms with E-state index in [1.165, 1.54) is 39.3 Å². The molecular weight excluding hydrogens is 420 g/mol. The fourth-order valence-corrected chi connectivity index (χ4v) is 2.65. The number of benzene rings is 1. The van der Waals surface area contributed by atoms with Crippen LogP contribution in [0.5, 0.6) is 0 Å². The predicted octanol–water partition coefficient (Wildman–Crippen LogP) is 3.18. The second kappa shape index (κ2) is 16.7. The lowest BCUT2D eigenvalue weighted by molar-refractivity contribution is 0.0637. The van der Waals surface area contributed by atoms with Gasteiger partial charge in [-0.05, 0) is 51.4 Å². The number of carboxylic acids is 4. The van der Waals surface area contributed by atoms with Crippen molar-refractivity contribution in [1.82, 2.24) is 9.80 Å². The van der Waals surface area contributed by atoms with Crippen molar-refractivity contribution in [1.29, 1.82) is 0 Å². The maximum Gasteiger partial charge on any atom is 0.336 e. The highest BCUT2D eigenvalue weighted by Crippen LogP contribution is 2.18. The normalized spacial score (nSPS) is 10.0. The summed E-state index contributed by atoms with van der Waals surface area (Å²) in [6.45, 7) is 20.2. The van der Waals surface area contributed by atoms with Crippen LogP contribution in [0, 0.1) is 0 Å². The van der Waals surface area contributed by atoms with Gasteiger partial charge in [-0.2, -0.15) is 0 Å². The maximum atomic E-state index is 10.8. The topological polar surface area (TPSA) is 156 Å². The first-order valence-electron chi connectivity index (χ1n) is 10.5. The van der Waals surface area contributed by atoms with E-state index in [1.54, 1.807) is 0 Å². The summed E-state index contributed by atoms with van der Waals surface area (Å²) < 4.78 is 0. The molecule has 0 amide bonds. The number of carbonyl (C=O) groups is 4. The molecule has 0 atom stereocenters. The van der Waals surface area contributed by atoms with Gasteiger partial charge in [0.25, 0.3) is 0 Å². The van der Waals surface area contributed by atoms with Gasteiger partial charge < -0.3 is 30.2 Å². The van der Waals surface area contributed by atoms with E-state index in [0.29, 0.717) is 12.1 Å². The predicted molar refractivity (Wildman–Crippen MR) is 121 cm³/mol. The summed E-state index contributed by atoms with van der Waals surface area (Å²) >= 11 is 0. The summed E-state index contributed by atoms with van der Waals surface area (Å²) in [4.78, 5) is 47.9. The number of aromatic carboxylic acids is 4. The largest absolute Gasteiger partial charge is 0.478 e. The molecule has 0 aromatic heterocycles. The maximum absolute atomic E-state index is 10.8. The van der Waals surface area contributed by atoms with E-state index in [4.69, 9.17) is 20.4 Å². The quantitative estimate of drug-likeness (QED) is 0.412. The Hall–Kier alpha value is -2.98. The van der Waals surface area contributed by atoms with Crippen LogP contribution >= 0.6 is 0 Å². The van der Waals surface area contributed by atoms with Crippen molar-refractivity contribution in [2.45, 2.75) is 41.5 Å². The third-order valence-corrected chi connectivity index (χ3v) is 4.76. The lowest BCUT2D eigenvalue weighted by Crippen LogP contribution is -2.21. The number of hydrogen-bond acceptors (Lipinski definition) is 6. The smallest absolute Gasteiger partial charge is 0.336 e. The van der Waals surface area contributed by atoms with Crippen molar-refractivity contribution in [2.24, 2.45) is 0 Å². The van der Waals surface area contributed by atoms with Gasteiger partial charge in [-0.25, -0.2) is 19.2 Å². The van der Waals surface area contributed by atoms with Gasteiger partial charge >= 0.3 is 23.9 Å². The molecule has 0 bridgehead atoms. The highest BCUT2D eigenvalue weighted by atomic mass is 16.4. The number of carboxylic acid groups (broad SMARTS) is 4. The van der Waals surface area contributed by atoms with Crippen LogP contribution in [0.1, 0.15) is 83.0 Å². The van der Waals surface area contributed by atoms with E-state index in [1.807, 2.05) is 0 Å². The molecule has 0 fully saturated rings. The van der Waals surface area contributed by atoms with E-state index >= 15 is 0 Å². The molecule has 1 aromatic rings.